The lowest BCUT2D eigenvalue weighted by Gasteiger charge is -2.15. The molecule has 0 spiro atoms. The van der Waals surface area contributed by atoms with Crippen molar-refractivity contribution in [3.05, 3.63) is 29.3 Å². The molecular weight excluding hydrogens is 260 g/mol. The van der Waals surface area contributed by atoms with Gasteiger partial charge >= 0.3 is 0 Å². The van der Waals surface area contributed by atoms with Crippen LogP contribution in [-0.4, -0.2) is 14.5 Å². The van der Waals surface area contributed by atoms with Gasteiger partial charge in [0.1, 0.15) is 0 Å². The Bertz CT molecular complexity index is 512. The molecule has 0 saturated heterocycles. The van der Waals surface area contributed by atoms with Crippen molar-refractivity contribution in [1.29, 1.82) is 0 Å². The first-order chi connectivity index (χ1) is 8.90. The van der Waals surface area contributed by atoms with Crippen molar-refractivity contribution in [3.63, 3.8) is 0 Å². The first kappa shape index (κ1) is 16.1. The van der Waals surface area contributed by atoms with E-state index in [1.807, 2.05) is 13.0 Å². The van der Waals surface area contributed by atoms with Crippen molar-refractivity contribution < 1.29 is 8.42 Å². The highest BCUT2D eigenvalue weighted by molar-refractivity contribution is 7.89. The Morgan fingerprint density at radius 2 is 2.05 bits per heavy atom. The molecule has 0 aliphatic heterocycles. The fraction of sp³-hybridized carbons (Fsp3) is 0.571. The van der Waals surface area contributed by atoms with Crippen LogP contribution in [0.2, 0.25) is 0 Å². The average molecular weight is 284 g/mol. The highest BCUT2D eigenvalue weighted by Crippen LogP contribution is 2.17. The van der Waals surface area contributed by atoms with E-state index in [2.05, 4.69) is 11.6 Å². The van der Waals surface area contributed by atoms with Crippen LogP contribution in [0.4, 0.5) is 0 Å². The van der Waals surface area contributed by atoms with Gasteiger partial charge in [-0.15, -0.1) is 0 Å². The van der Waals surface area contributed by atoms with E-state index in [1.54, 1.807) is 19.1 Å². The summed E-state index contributed by atoms with van der Waals surface area (Å²) in [6.45, 7) is 6.13. The topological polar surface area (TPSA) is 72.2 Å². The maximum atomic E-state index is 12.3. The largest absolute Gasteiger partial charge is 0.326 e. The third-order valence-electron chi connectivity index (χ3n) is 3.12. The zero-order chi connectivity index (χ0) is 14.5. The Kier molecular flexibility index (Phi) is 5.97. The average Bonchev–Trinajstić information content (AvgIpc) is 2.36. The lowest BCUT2D eigenvalue weighted by atomic mass is 10.1. The lowest BCUT2D eigenvalue weighted by molar-refractivity contribution is 0.534. The number of hydrogen-bond acceptors (Lipinski definition) is 3. The van der Waals surface area contributed by atoms with E-state index in [0.29, 0.717) is 11.4 Å². The van der Waals surface area contributed by atoms with Gasteiger partial charge in [-0.2, -0.15) is 0 Å². The molecule has 0 aromatic heterocycles. The Labute approximate surface area is 116 Å². The lowest BCUT2D eigenvalue weighted by Crippen LogP contribution is -2.33. The minimum Gasteiger partial charge on any atom is -0.326 e. The number of rotatable bonds is 7. The maximum absolute atomic E-state index is 12.3. The molecule has 0 aliphatic carbocycles. The third-order valence-corrected chi connectivity index (χ3v) is 4.86. The molecule has 5 heteroatoms. The molecular formula is C14H24N2O2S. The number of nitrogens with two attached hydrogens (primary N) is 1. The first-order valence-corrected chi connectivity index (χ1v) is 8.21. The summed E-state index contributed by atoms with van der Waals surface area (Å²) in [6.07, 6.45) is 2.94. The van der Waals surface area contributed by atoms with Crippen LogP contribution in [0.15, 0.2) is 23.1 Å². The van der Waals surface area contributed by atoms with Crippen molar-refractivity contribution in [1.82, 2.24) is 4.72 Å². The zero-order valence-corrected chi connectivity index (χ0v) is 12.8. The smallest absolute Gasteiger partial charge is 0.241 e. The molecule has 0 saturated carbocycles. The van der Waals surface area contributed by atoms with Gasteiger partial charge in [0.05, 0.1) is 4.90 Å². The van der Waals surface area contributed by atoms with Crippen molar-refractivity contribution in [2.24, 2.45) is 5.73 Å². The van der Waals surface area contributed by atoms with Gasteiger partial charge in [0.2, 0.25) is 10.0 Å². The fourth-order valence-corrected chi connectivity index (χ4v) is 3.53. The van der Waals surface area contributed by atoms with E-state index in [1.165, 1.54) is 0 Å². The molecule has 4 nitrogen and oxygen atoms in total. The Hall–Kier alpha value is -0.910. The van der Waals surface area contributed by atoms with E-state index in [-0.39, 0.29) is 6.04 Å². The molecule has 1 aromatic rings. The SMILES string of the molecule is CCCCC(C)NS(=O)(=O)c1cc(CN)ccc1C. The number of sulfonamides is 1. The van der Waals surface area contributed by atoms with Crippen LogP contribution in [0, 0.1) is 6.92 Å². The second-order valence-corrected chi connectivity index (χ2v) is 6.65. The second kappa shape index (κ2) is 7.03. The summed E-state index contributed by atoms with van der Waals surface area (Å²) in [5, 5.41) is 0. The highest BCUT2D eigenvalue weighted by atomic mass is 32.2. The van der Waals surface area contributed by atoms with Gasteiger partial charge in [-0.25, -0.2) is 13.1 Å². The van der Waals surface area contributed by atoms with Crippen molar-refractivity contribution >= 4 is 10.0 Å². The molecule has 108 valence electrons. The molecule has 0 amide bonds. The molecule has 0 heterocycles. The summed E-state index contributed by atoms with van der Waals surface area (Å²) in [5.41, 5.74) is 7.13. The van der Waals surface area contributed by atoms with E-state index in [4.69, 9.17) is 5.73 Å². The van der Waals surface area contributed by atoms with Gasteiger partial charge in [0, 0.05) is 12.6 Å². The van der Waals surface area contributed by atoms with Gasteiger partial charge in [0.15, 0.2) is 0 Å². The molecule has 3 N–H and O–H groups in total. The van der Waals surface area contributed by atoms with E-state index < -0.39 is 10.0 Å². The van der Waals surface area contributed by atoms with E-state index >= 15 is 0 Å². The fourth-order valence-electron chi connectivity index (χ4n) is 1.96. The van der Waals surface area contributed by atoms with Gasteiger partial charge < -0.3 is 5.73 Å². The van der Waals surface area contributed by atoms with Crippen LogP contribution in [0.3, 0.4) is 0 Å². The Morgan fingerprint density at radius 1 is 1.37 bits per heavy atom. The molecule has 0 radical (unpaired) electrons. The minimum absolute atomic E-state index is 0.0501. The number of aryl methyl sites for hydroxylation is 1. The summed E-state index contributed by atoms with van der Waals surface area (Å²) in [4.78, 5) is 0.332. The number of nitrogens with one attached hydrogen (secondary N) is 1. The quantitative estimate of drug-likeness (QED) is 0.807. The van der Waals surface area contributed by atoms with Gasteiger partial charge in [-0.3, -0.25) is 0 Å². The molecule has 0 bridgehead atoms. The molecule has 0 fully saturated rings. The predicted molar refractivity (Wildman–Crippen MR) is 78.4 cm³/mol. The highest BCUT2D eigenvalue weighted by Gasteiger charge is 2.19. The first-order valence-electron chi connectivity index (χ1n) is 6.72. The molecule has 0 aliphatic rings. The Morgan fingerprint density at radius 3 is 2.63 bits per heavy atom. The third kappa shape index (κ3) is 4.60. The zero-order valence-electron chi connectivity index (χ0n) is 11.9. The summed E-state index contributed by atoms with van der Waals surface area (Å²) >= 11 is 0. The summed E-state index contributed by atoms with van der Waals surface area (Å²) in [6, 6.07) is 5.26. The molecule has 1 unspecified atom stereocenters. The second-order valence-electron chi connectivity index (χ2n) is 4.97. The van der Waals surface area contributed by atoms with Crippen LogP contribution in [0.25, 0.3) is 0 Å². The number of hydrogen-bond donors (Lipinski definition) is 2. The van der Waals surface area contributed by atoms with Gasteiger partial charge in [-0.05, 0) is 37.5 Å². The normalized spacial score (nSPS) is 13.5. The molecule has 1 atom stereocenters. The van der Waals surface area contributed by atoms with Crippen molar-refractivity contribution in [3.8, 4) is 0 Å². The molecule has 1 rings (SSSR count). The van der Waals surface area contributed by atoms with Crippen LogP contribution < -0.4 is 10.5 Å². The van der Waals surface area contributed by atoms with Crippen LogP contribution >= 0.6 is 0 Å². The monoisotopic (exact) mass is 284 g/mol. The van der Waals surface area contributed by atoms with Crippen molar-refractivity contribution in [2.45, 2.75) is 57.5 Å². The maximum Gasteiger partial charge on any atom is 0.241 e. The molecule has 19 heavy (non-hydrogen) atoms. The minimum atomic E-state index is -3.46. The predicted octanol–water partition coefficient (Wildman–Crippen LogP) is 2.31. The van der Waals surface area contributed by atoms with E-state index in [0.717, 1.165) is 30.4 Å². The number of benzene rings is 1. The summed E-state index contributed by atoms with van der Waals surface area (Å²) in [5.74, 6) is 0. The van der Waals surface area contributed by atoms with Gasteiger partial charge in [0.25, 0.3) is 0 Å². The van der Waals surface area contributed by atoms with E-state index in [9.17, 15) is 8.42 Å². The Balaban J connectivity index is 2.93. The van der Waals surface area contributed by atoms with Crippen molar-refractivity contribution in [2.75, 3.05) is 0 Å². The van der Waals surface area contributed by atoms with Crippen LogP contribution in [0.5, 0.6) is 0 Å². The van der Waals surface area contributed by atoms with Crippen LogP contribution in [-0.2, 0) is 16.6 Å². The van der Waals surface area contributed by atoms with Crippen LogP contribution in [0.1, 0.15) is 44.2 Å². The number of unbranched alkanes of at least 4 members (excludes halogenated alkanes) is 1. The summed E-state index contributed by atoms with van der Waals surface area (Å²) < 4.78 is 27.4. The van der Waals surface area contributed by atoms with Gasteiger partial charge in [-0.1, -0.05) is 31.9 Å². The molecule has 1 aromatic carbocycles. The standard InChI is InChI=1S/C14H24N2O2S/c1-4-5-6-12(3)16-19(17,18)14-9-13(10-15)8-7-11(14)2/h7-9,12,16H,4-6,10,15H2,1-3H3. The summed E-state index contributed by atoms with van der Waals surface area (Å²) in [7, 11) is -3.46.